The van der Waals surface area contributed by atoms with Crippen LogP contribution in [-0.2, 0) is 9.47 Å². The summed E-state index contributed by atoms with van der Waals surface area (Å²) >= 11 is 0. The van der Waals surface area contributed by atoms with E-state index in [-0.39, 0.29) is 11.7 Å². The van der Waals surface area contributed by atoms with Gasteiger partial charge in [0.2, 0.25) is 0 Å². The maximum Gasteiger partial charge on any atom is 0.254 e. The maximum absolute atomic E-state index is 13.3. The lowest BCUT2D eigenvalue weighted by molar-refractivity contribution is -0.137. The van der Waals surface area contributed by atoms with E-state index < -0.39 is 17.5 Å². The van der Waals surface area contributed by atoms with Crippen LogP contribution < -0.4 is 5.32 Å². The average molecular weight is 253 g/mol. The number of ether oxygens (including phenoxy) is 2. The number of rotatable bonds is 3. The normalized spacial score (nSPS) is 21.8. The van der Waals surface area contributed by atoms with Gasteiger partial charge in [-0.05, 0) is 26.0 Å². The van der Waals surface area contributed by atoms with E-state index in [0.717, 1.165) is 0 Å². The van der Waals surface area contributed by atoms with Crippen LogP contribution in [0.3, 0.4) is 0 Å². The second-order valence-electron chi connectivity index (χ2n) is 4.64. The van der Waals surface area contributed by atoms with E-state index >= 15 is 0 Å². The Hall–Kier alpha value is -1.46. The van der Waals surface area contributed by atoms with Gasteiger partial charge in [-0.3, -0.25) is 4.79 Å². The second-order valence-corrected chi connectivity index (χ2v) is 4.64. The molecule has 1 aromatic carbocycles. The molecular weight excluding hydrogens is 237 g/mol. The Labute approximate surface area is 105 Å². The number of carbonyl (C=O) groups is 1. The molecule has 1 aliphatic heterocycles. The highest BCUT2D eigenvalue weighted by Gasteiger charge is 2.32. The number of hydrogen-bond acceptors (Lipinski definition) is 3. The Morgan fingerprint density at radius 2 is 2.22 bits per heavy atom. The molecule has 2 rings (SSSR count). The summed E-state index contributed by atoms with van der Waals surface area (Å²) in [6, 6.07) is 5.87. The quantitative estimate of drug-likeness (QED) is 0.892. The van der Waals surface area contributed by atoms with Gasteiger partial charge in [0.15, 0.2) is 5.79 Å². The van der Waals surface area contributed by atoms with Crippen molar-refractivity contribution in [1.82, 2.24) is 5.32 Å². The van der Waals surface area contributed by atoms with E-state index in [2.05, 4.69) is 5.32 Å². The Balaban J connectivity index is 1.88. The van der Waals surface area contributed by atoms with Gasteiger partial charge < -0.3 is 14.8 Å². The fourth-order valence-electron chi connectivity index (χ4n) is 1.81. The summed E-state index contributed by atoms with van der Waals surface area (Å²) < 4.78 is 24.2. The van der Waals surface area contributed by atoms with Crippen LogP contribution in [0.15, 0.2) is 24.3 Å². The minimum absolute atomic E-state index is 0.0377. The van der Waals surface area contributed by atoms with Gasteiger partial charge in [0.05, 0.1) is 12.2 Å². The van der Waals surface area contributed by atoms with Crippen molar-refractivity contribution in [2.45, 2.75) is 25.7 Å². The lowest BCUT2D eigenvalue weighted by Gasteiger charge is -2.17. The van der Waals surface area contributed by atoms with Crippen LogP contribution >= 0.6 is 0 Å². The molecule has 1 amide bonds. The molecule has 1 unspecified atom stereocenters. The van der Waals surface area contributed by atoms with Crippen molar-refractivity contribution < 1.29 is 18.7 Å². The van der Waals surface area contributed by atoms with E-state index in [1.54, 1.807) is 12.1 Å². The standard InChI is InChI=1S/C13H16FNO3/c1-13(2)17-8-9(18-13)7-15-12(16)10-5-3-4-6-11(10)14/h3-6,9H,7-8H2,1-2H3,(H,15,16). The molecule has 1 heterocycles. The molecule has 1 saturated heterocycles. The van der Waals surface area contributed by atoms with E-state index in [4.69, 9.17) is 9.47 Å². The Bertz CT molecular complexity index is 448. The Kier molecular flexibility index (Phi) is 3.63. The van der Waals surface area contributed by atoms with Crippen molar-refractivity contribution in [3.63, 3.8) is 0 Å². The van der Waals surface area contributed by atoms with Crippen LogP contribution in [0.2, 0.25) is 0 Å². The van der Waals surface area contributed by atoms with E-state index in [1.165, 1.54) is 12.1 Å². The highest BCUT2D eigenvalue weighted by Crippen LogP contribution is 2.21. The molecule has 1 atom stereocenters. The van der Waals surface area contributed by atoms with Crippen molar-refractivity contribution in [3.8, 4) is 0 Å². The highest BCUT2D eigenvalue weighted by atomic mass is 19.1. The van der Waals surface area contributed by atoms with Gasteiger partial charge in [0.25, 0.3) is 5.91 Å². The topological polar surface area (TPSA) is 47.6 Å². The number of amides is 1. The average Bonchev–Trinajstić information content (AvgIpc) is 2.66. The van der Waals surface area contributed by atoms with Crippen LogP contribution in [0.1, 0.15) is 24.2 Å². The van der Waals surface area contributed by atoms with Crippen molar-refractivity contribution in [2.75, 3.05) is 13.2 Å². The van der Waals surface area contributed by atoms with Crippen LogP contribution in [0.4, 0.5) is 4.39 Å². The van der Waals surface area contributed by atoms with Crippen LogP contribution in [0.25, 0.3) is 0 Å². The molecule has 4 nitrogen and oxygen atoms in total. The van der Waals surface area contributed by atoms with Gasteiger partial charge in [0.1, 0.15) is 11.9 Å². The molecule has 1 aromatic rings. The van der Waals surface area contributed by atoms with E-state index in [0.29, 0.717) is 13.2 Å². The summed E-state index contributed by atoms with van der Waals surface area (Å²) in [5, 5.41) is 2.64. The van der Waals surface area contributed by atoms with E-state index in [9.17, 15) is 9.18 Å². The highest BCUT2D eigenvalue weighted by molar-refractivity contribution is 5.94. The predicted molar refractivity (Wildman–Crippen MR) is 63.6 cm³/mol. The van der Waals surface area contributed by atoms with Gasteiger partial charge in [0, 0.05) is 6.54 Å². The van der Waals surface area contributed by atoms with Crippen molar-refractivity contribution >= 4 is 5.91 Å². The van der Waals surface area contributed by atoms with Gasteiger partial charge in [-0.1, -0.05) is 12.1 Å². The molecule has 0 aliphatic carbocycles. The summed E-state index contributed by atoms with van der Waals surface area (Å²) in [7, 11) is 0. The SMILES string of the molecule is CC1(C)OCC(CNC(=O)c2ccccc2F)O1. The third kappa shape index (κ3) is 3.05. The zero-order valence-electron chi connectivity index (χ0n) is 10.4. The van der Waals surface area contributed by atoms with Crippen molar-refractivity contribution in [3.05, 3.63) is 35.6 Å². The molecule has 98 valence electrons. The molecule has 0 spiro atoms. The molecule has 18 heavy (non-hydrogen) atoms. The van der Waals surface area contributed by atoms with Gasteiger partial charge in [-0.2, -0.15) is 0 Å². The fraction of sp³-hybridized carbons (Fsp3) is 0.462. The van der Waals surface area contributed by atoms with Crippen molar-refractivity contribution in [2.24, 2.45) is 0 Å². The van der Waals surface area contributed by atoms with E-state index in [1.807, 2.05) is 13.8 Å². The monoisotopic (exact) mass is 253 g/mol. The predicted octanol–water partition coefficient (Wildman–Crippen LogP) is 1.71. The third-order valence-corrected chi connectivity index (χ3v) is 2.68. The lowest BCUT2D eigenvalue weighted by Crippen LogP contribution is -2.34. The summed E-state index contributed by atoms with van der Waals surface area (Å²) in [5.41, 5.74) is 0.0377. The smallest absolute Gasteiger partial charge is 0.254 e. The third-order valence-electron chi connectivity index (χ3n) is 2.68. The number of hydrogen-bond donors (Lipinski definition) is 1. The lowest BCUT2D eigenvalue weighted by atomic mass is 10.2. The maximum atomic E-state index is 13.3. The first kappa shape index (κ1) is 13.0. The van der Waals surface area contributed by atoms with Crippen LogP contribution in [-0.4, -0.2) is 30.9 Å². The van der Waals surface area contributed by atoms with Gasteiger partial charge in [-0.25, -0.2) is 4.39 Å². The molecular formula is C13H16FNO3. The molecule has 1 fully saturated rings. The Morgan fingerprint density at radius 1 is 1.50 bits per heavy atom. The zero-order chi connectivity index (χ0) is 13.2. The largest absolute Gasteiger partial charge is 0.349 e. The molecule has 1 N–H and O–H groups in total. The molecule has 0 saturated carbocycles. The molecule has 1 aliphatic rings. The molecule has 0 aromatic heterocycles. The second kappa shape index (κ2) is 5.04. The van der Waals surface area contributed by atoms with Gasteiger partial charge in [-0.15, -0.1) is 0 Å². The van der Waals surface area contributed by atoms with Crippen LogP contribution in [0, 0.1) is 5.82 Å². The minimum Gasteiger partial charge on any atom is -0.349 e. The number of benzene rings is 1. The first-order valence-corrected chi connectivity index (χ1v) is 5.82. The number of carbonyl (C=O) groups excluding carboxylic acids is 1. The first-order valence-electron chi connectivity index (χ1n) is 5.82. The van der Waals surface area contributed by atoms with Crippen LogP contribution in [0.5, 0.6) is 0 Å². The van der Waals surface area contributed by atoms with Crippen molar-refractivity contribution in [1.29, 1.82) is 0 Å². The summed E-state index contributed by atoms with van der Waals surface area (Å²) in [5.74, 6) is -1.59. The number of nitrogens with one attached hydrogen (secondary N) is 1. The first-order chi connectivity index (χ1) is 8.48. The zero-order valence-corrected chi connectivity index (χ0v) is 10.4. The minimum atomic E-state index is -0.618. The molecule has 0 radical (unpaired) electrons. The fourth-order valence-corrected chi connectivity index (χ4v) is 1.81. The molecule has 0 bridgehead atoms. The summed E-state index contributed by atoms with van der Waals surface area (Å²) in [6.45, 7) is 4.35. The Morgan fingerprint density at radius 3 is 2.83 bits per heavy atom. The number of halogens is 1. The summed E-state index contributed by atoms with van der Waals surface area (Å²) in [6.07, 6.45) is -0.198. The molecule has 5 heteroatoms. The van der Waals surface area contributed by atoms with Gasteiger partial charge >= 0.3 is 0 Å². The summed E-state index contributed by atoms with van der Waals surface area (Å²) in [4.78, 5) is 11.7.